The number of aliphatic imine (C=N–C) groups is 1. The third-order valence-electron chi connectivity index (χ3n) is 4.59. The summed E-state index contributed by atoms with van der Waals surface area (Å²) >= 11 is 0. The molecule has 1 aromatic rings. The maximum absolute atomic E-state index is 12.3. The number of likely N-dealkylation sites (tertiary alicyclic amines) is 1. The molecule has 1 aliphatic rings. The van der Waals surface area contributed by atoms with Crippen LogP contribution in [0.1, 0.15) is 33.1 Å². The van der Waals surface area contributed by atoms with Crippen molar-refractivity contribution < 1.29 is 14.3 Å². The van der Waals surface area contributed by atoms with Crippen molar-refractivity contribution in [2.75, 3.05) is 45.7 Å². The molecule has 7 nitrogen and oxygen atoms in total. The van der Waals surface area contributed by atoms with Crippen molar-refractivity contribution in [2.24, 2.45) is 10.9 Å². The highest BCUT2D eigenvalue weighted by Crippen LogP contribution is 2.30. The molecule has 0 bridgehead atoms. The van der Waals surface area contributed by atoms with Gasteiger partial charge in [-0.1, -0.05) is 6.92 Å². The standard InChI is InChI=1S/C20H32N4O3.HI/c1-5-27-17-9-8-16(13-18(17)26-4)23-20(21-3)22-11-10-19(25)24-12-6-7-15(2)14-24;/h8-9,13,15H,5-7,10-12,14H2,1-4H3,(H2,21,22,23);1H. The Kier molecular flexibility index (Phi) is 11.0. The molecule has 0 saturated carbocycles. The van der Waals surface area contributed by atoms with Crippen LogP contribution in [-0.4, -0.2) is 57.2 Å². The molecule has 0 radical (unpaired) electrons. The summed E-state index contributed by atoms with van der Waals surface area (Å²) in [7, 11) is 3.32. The van der Waals surface area contributed by atoms with E-state index in [0.717, 1.165) is 25.2 Å². The molecule has 0 aliphatic carbocycles. The predicted molar refractivity (Wildman–Crippen MR) is 124 cm³/mol. The third-order valence-corrected chi connectivity index (χ3v) is 4.59. The summed E-state index contributed by atoms with van der Waals surface area (Å²) in [5, 5.41) is 6.41. The van der Waals surface area contributed by atoms with Crippen LogP contribution in [0, 0.1) is 5.92 Å². The lowest BCUT2D eigenvalue weighted by atomic mass is 10.00. The predicted octanol–water partition coefficient (Wildman–Crippen LogP) is 3.35. The fraction of sp³-hybridized carbons (Fsp3) is 0.600. The topological polar surface area (TPSA) is 75.2 Å². The minimum absolute atomic E-state index is 0. The molecule has 8 heteroatoms. The van der Waals surface area contributed by atoms with E-state index in [0.29, 0.717) is 42.9 Å². The normalized spacial score (nSPS) is 16.8. The van der Waals surface area contributed by atoms with Gasteiger partial charge in [-0.3, -0.25) is 9.79 Å². The Morgan fingerprint density at radius 2 is 2.14 bits per heavy atom. The molecule has 1 unspecified atom stereocenters. The maximum Gasteiger partial charge on any atom is 0.224 e. The number of rotatable bonds is 7. The molecular weight excluding hydrogens is 471 g/mol. The molecular formula is C20H33IN4O3. The second-order valence-electron chi connectivity index (χ2n) is 6.76. The summed E-state index contributed by atoms with van der Waals surface area (Å²) in [6, 6.07) is 5.62. The number of hydrogen-bond acceptors (Lipinski definition) is 4. The lowest BCUT2D eigenvalue weighted by molar-refractivity contribution is -0.132. The van der Waals surface area contributed by atoms with Gasteiger partial charge in [0.1, 0.15) is 0 Å². The quantitative estimate of drug-likeness (QED) is 0.339. The Labute approximate surface area is 185 Å². The second kappa shape index (κ2) is 12.7. The summed E-state index contributed by atoms with van der Waals surface area (Å²) < 4.78 is 10.9. The van der Waals surface area contributed by atoms with Gasteiger partial charge in [-0.2, -0.15) is 0 Å². The van der Waals surface area contributed by atoms with Gasteiger partial charge in [0.05, 0.1) is 13.7 Å². The molecule has 1 aromatic carbocycles. The number of guanidine groups is 1. The van der Waals surface area contributed by atoms with Crippen LogP contribution in [0.15, 0.2) is 23.2 Å². The maximum atomic E-state index is 12.3. The first-order valence-corrected chi connectivity index (χ1v) is 9.63. The van der Waals surface area contributed by atoms with E-state index in [2.05, 4.69) is 22.5 Å². The molecule has 1 heterocycles. The van der Waals surface area contributed by atoms with Crippen LogP contribution < -0.4 is 20.1 Å². The van der Waals surface area contributed by atoms with Crippen LogP contribution in [0.3, 0.4) is 0 Å². The van der Waals surface area contributed by atoms with E-state index in [1.165, 1.54) is 6.42 Å². The summed E-state index contributed by atoms with van der Waals surface area (Å²) in [6.45, 7) is 7.01. The lowest BCUT2D eigenvalue weighted by Crippen LogP contribution is -2.41. The van der Waals surface area contributed by atoms with Crippen LogP contribution >= 0.6 is 24.0 Å². The monoisotopic (exact) mass is 504 g/mol. The summed E-state index contributed by atoms with van der Waals surface area (Å²) in [5.74, 6) is 2.77. The molecule has 1 amide bonds. The van der Waals surface area contributed by atoms with E-state index < -0.39 is 0 Å². The highest BCUT2D eigenvalue weighted by atomic mass is 127. The summed E-state index contributed by atoms with van der Waals surface area (Å²) in [4.78, 5) is 18.5. The Morgan fingerprint density at radius 1 is 1.36 bits per heavy atom. The number of anilines is 1. The molecule has 1 saturated heterocycles. The number of halogens is 1. The number of piperidine rings is 1. The van der Waals surface area contributed by atoms with E-state index in [1.54, 1.807) is 14.2 Å². The van der Waals surface area contributed by atoms with E-state index in [1.807, 2.05) is 30.0 Å². The van der Waals surface area contributed by atoms with Gasteiger partial charge in [0, 0.05) is 44.9 Å². The molecule has 1 aliphatic heterocycles. The zero-order chi connectivity index (χ0) is 19.6. The minimum Gasteiger partial charge on any atom is -0.493 e. The summed E-state index contributed by atoms with van der Waals surface area (Å²) in [6.07, 6.45) is 2.77. The molecule has 28 heavy (non-hydrogen) atoms. The molecule has 158 valence electrons. The highest BCUT2D eigenvalue weighted by molar-refractivity contribution is 14.0. The number of carbonyl (C=O) groups is 1. The molecule has 1 fully saturated rings. The number of nitrogens with zero attached hydrogens (tertiary/aromatic N) is 2. The third kappa shape index (κ3) is 7.37. The zero-order valence-corrected chi connectivity index (χ0v) is 19.6. The van der Waals surface area contributed by atoms with Crippen LogP contribution in [0.4, 0.5) is 5.69 Å². The SMILES string of the molecule is CCOc1ccc(NC(=NC)NCCC(=O)N2CCCC(C)C2)cc1OC.I. The largest absolute Gasteiger partial charge is 0.493 e. The second-order valence-corrected chi connectivity index (χ2v) is 6.76. The van der Waals surface area contributed by atoms with Crippen molar-refractivity contribution in [2.45, 2.75) is 33.1 Å². The fourth-order valence-electron chi connectivity index (χ4n) is 3.20. The number of methoxy groups -OCH3 is 1. The first-order valence-electron chi connectivity index (χ1n) is 9.63. The van der Waals surface area contributed by atoms with Gasteiger partial charge in [0.25, 0.3) is 0 Å². The van der Waals surface area contributed by atoms with Crippen LogP contribution in [0.2, 0.25) is 0 Å². The Morgan fingerprint density at radius 3 is 2.79 bits per heavy atom. The van der Waals surface area contributed by atoms with Crippen molar-refractivity contribution in [1.82, 2.24) is 10.2 Å². The van der Waals surface area contributed by atoms with Gasteiger partial charge < -0.3 is 25.0 Å². The van der Waals surface area contributed by atoms with Crippen molar-refractivity contribution in [3.05, 3.63) is 18.2 Å². The lowest BCUT2D eigenvalue weighted by Gasteiger charge is -2.31. The Bertz CT molecular complexity index is 654. The molecule has 0 spiro atoms. The van der Waals surface area contributed by atoms with E-state index in [4.69, 9.17) is 9.47 Å². The average Bonchev–Trinajstić information content (AvgIpc) is 2.68. The number of hydrogen-bond donors (Lipinski definition) is 2. The first kappa shape index (κ1) is 24.3. The van der Waals surface area contributed by atoms with Gasteiger partial charge in [0.15, 0.2) is 17.5 Å². The van der Waals surface area contributed by atoms with E-state index >= 15 is 0 Å². The van der Waals surface area contributed by atoms with Crippen molar-refractivity contribution in [3.8, 4) is 11.5 Å². The van der Waals surface area contributed by atoms with Crippen molar-refractivity contribution in [1.29, 1.82) is 0 Å². The fourth-order valence-corrected chi connectivity index (χ4v) is 3.20. The van der Waals surface area contributed by atoms with Gasteiger partial charge in [-0.25, -0.2) is 0 Å². The number of nitrogens with one attached hydrogen (secondary N) is 2. The number of ether oxygens (including phenoxy) is 2. The van der Waals surface area contributed by atoms with Crippen LogP contribution in [0.25, 0.3) is 0 Å². The highest BCUT2D eigenvalue weighted by Gasteiger charge is 2.20. The smallest absolute Gasteiger partial charge is 0.224 e. The number of amides is 1. The molecule has 0 aromatic heterocycles. The zero-order valence-electron chi connectivity index (χ0n) is 17.3. The minimum atomic E-state index is 0. The summed E-state index contributed by atoms with van der Waals surface area (Å²) in [5.41, 5.74) is 0.833. The van der Waals surface area contributed by atoms with Crippen molar-refractivity contribution in [3.63, 3.8) is 0 Å². The molecule has 2 rings (SSSR count). The molecule has 2 N–H and O–H groups in total. The van der Waals surface area contributed by atoms with E-state index in [-0.39, 0.29) is 29.9 Å². The van der Waals surface area contributed by atoms with Gasteiger partial charge >= 0.3 is 0 Å². The average molecular weight is 504 g/mol. The Balaban J connectivity index is 0.00000392. The van der Waals surface area contributed by atoms with E-state index in [9.17, 15) is 4.79 Å². The Hall–Kier alpha value is -1.71. The van der Waals surface area contributed by atoms with Gasteiger partial charge in [-0.15, -0.1) is 24.0 Å². The van der Waals surface area contributed by atoms with Crippen LogP contribution in [0.5, 0.6) is 11.5 Å². The van der Waals surface area contributed by atoms with Crippen LogP contribution in [-0.2, 0) is 4.79 Å². The number of benzene rings is 1. The van der Waals surface area contributed by atoms with Gasteiger partial charge in [0.2, 0.25) is 5.91 Å². The number of carbonyl (C=O) groups excluding carboxylic acids is 1. The van der Waals surface area contributed by atoms with Crippen molar-refractivity contribution >= 4 is 41.5 Å². The first-order chi connectivity index (χ1) is 13.1. The van der Waals surface area contributed by atoms with Gasteiger partial charge in [-0.05, 0) is 37.8 Å². The molecule has 1 atom stereocenters.